The number of aliphatic hydroxyl groups excluding tert-OH is 1. The van der Waals surface area contributed by atoms with Crippen molar-refractivity contribution in [2.24, 2.45) is 0 Å². The van der Waals surface area contributed by atoms with Gasteiger partial charge in [0.05, 0.1) is 7.11 Å². The number of methoxy groups -OCH3 is 1. The SMILES string of the molecule is COc1c(C)cc(CCCO)cc1C1CCCCC1. The van der Waals surface area contributed by atoms with Gasteiger partial charge in [0.2, 0.25) is 0 Å². The van der Waals surface area contributed by atoms with E-state index < -0.39 is 0 Å². The molecule has 0 spiro atoms. The third kappa shape index (κ3) is 3.50. The van der Waals surface area contributed by atoms with Crippen molar-refractivity contribution < 1.29 is 9.84 Å². The quantitative estimate of drug-likeness (QED) is 0.870. The zero-order valence-corrected chi connectivity index (χ0v) is 12.2. The molecule has 1 fully saturated rings. The summed E-state index contributed by atoms with van der Waals surface area (Å²) in [5, 5.41) is 8.99. The Morgan fingerprint density at radius 3 is 2.58 bits per heavy atom. The molecule has 0 aromatic heterocycles. The fourth-order valence-corrected chi connectivity index (χ4v) is 3.30. The zero-order valence-electron chi connectivity index (χ0n) is 12.2. The summed E-state index contributed by atoms with van der Waals surface area (Å²) in [7, 11) is 1.78. The van der Waals surface area contributed by atoms with Crippen molar-refractivity contribution in [1.82, 2.24) is 0 Å². The Labute approximate surface area is 116 Å². The van der Waals surface area contributed by atoms with Gasteiger partial charge in [0.25, 0.3) is 0 Å². The van der Waals surface area contributed by atoms with Crippen LogP contribution in [-0.2, 0) is 6.42 Å². The largest absolute Gasteiger partial charge is 0.496 e. The van der Waals surface area contributed by atoms with Crippen LogP contribution in [0.4, 0.5) is 0 Å². The molecule has 1 saturated carbocycles. The lowest BCUT2D eigenvalue weighted by molar-refractivity contribution is 0.288. The highest BCUT2D eigenvalue weighted by molar-refractivity contribution is 5.46. The number of rotatable bonds is 5. The predicted octanol–water partition coefficient (Wildman–Crippen LogP) is 3.98. The van der Waals surface area contributed by atoms with Crippen molar-refractivity contribution in [2.45, 2.75) is 57.8 Å². The second-order valence-corrected chi connectivity index (χ2v) is 5.70. The molecule has 1 aromatic rings. The lowest BCUT2D eigenvalue weighted by Gasteiger charge is -2.25. The summed E-state index contributed by atoms with van der Waals surface area (Å²) in [6.45, 7) is 2.40. The van der Waals surface area contributed by atoms with Crippen LogP contribution in [0.25, 0.3) is 0 Å². The molecule has 106 valence electrons. The van der Waals surface area contributed by atoms with Crippen molar-refractivity contribution in [1.29, 1.82) is 0 Å². The summed E-state index contributed by atoms with van der Waals surface area (Å²) in [6, 6.07) is 4.53. The Morgan fingerprint density at radius 2 is 1.95 bits per heavy atom. The van der Waals surface area contributed by atoms with Crippen LogP contribution in [0.5, 0.6) is 5.75 Å². The molecule has 19 heavy (non-hydrogen) atoms. The van der Waals surface area contributed by atoms with Crippen molar-refractivity contribution in [3.63, 3.8) is 0 Å². The summed E-state index contributed by atoms with van der Waals surface area (Å²) in [4.78, 5) is 0. The van der Waals surface area contributed by atoms with Gasteiger partial charge in [-0.2, -0.15) is 0 Å². The van der Waals surface area contributed by atoms with E-state index in [1.807, 2.05) is 0 Å². The average Bonchev–Trinajstić information content (AvgIpc) is 2.45. The summed E-state index contributed by atoms with van der Waals surface area (Å²) < 4.78 is 5.64. The van der Waals surface area contributed by atoms with E-state index in [-0.39, 0.29) is 6.61 Å². The molecule has 2 rings (SSSR count). The molecule has 1 aromatic carbocycles. The molecular formula is C17H26O2. The van der Waals surface area contributed by atoms with E-state index >= 15 is 0 Å². The third-order valence-corrected chi connectivity index (χ3v) is 4.24. The zero-order chi connectivity index (χ0) is 13.7. The molecule has 2 heteroatoms. The molecule has 0 heterocycles. The average molecular weight is 262 g/mol. The van der Waals surface area contributed by atoms with Gasteiger partial charge in [-0.3, -0.25) is 0 Å². The molecule has 1 N–H and O–H groups in total. The van der Waals surface area contributed by atoms with Crippen LogP contribution in [0.1, 0.15) is 61.1 Å². The summed E-state index contributed by atoms with van der Waals surface area (Å²) in [6.07, 6.45) is 8.44. The van der Waals surface area contributed by atoms with Gasteiger partial charge in [0.1, 0.15) is 5.75 Å². The van der Waals surface area contributed by atoms with Crippen LogP contribution in [-0.4, -0.2) is 18.8 Å². The highest BCUT2D eigenvalue weighted by Crippen LogP contribution is 2.39. The first-order valence-electron chi connectivity index (χ1n) is 7.54. The monoisotopic (exact) mass is 262 g/mol. The van der Waals surface area contributed by atoms with E-state index in [9.17, 15) is 0 Å². The number of hydrogen-bond acceptors (Lipinski definition) is 2. The maximum atomic E-state index is 8.99. The fourth-order valence-electron chi connectivity index (χ4n) is 3.30. The van der Waals surface area contributed by atoms with Crippen molar-refractivity contribution >= 4 is 0 Å². The summed E-state index contributed by atoms with van der Waals surface area (Å²) in [5.41, 5.74) is 3.97. The van der Waals surface area contributed by atoms with Crippen molar-refractivity contribution in [3.8, 4) is 5.75 Å². The van der Waals surface area contributed by atoms with Gasteiger partial charge in [0, 0.05) is 6.61 Å². The molecule has 0 amide bonds. The normalized spacial score (nSPS) is 16.6. The van der Waals surface area contributed by atoms with E-state index in [0.29, 0.717) is 5.92 Å². The van der Waals surface area contributed by atoms with E-state index in [2.05, 4.69) is 19.1 Å². The maximum Gasteiger partial charge on any atom is 0.125 e. The summed E-state index contributed by atoms with van der Waals surface area (Å²) in [5.74, 6) is 1.75. The maximum absolute atomic E-state index is 8.99. The number of aryl methyl sites for hydroxylation is 2. The van der Waals surface area contributed by atoms with E-state index in [1.54, 1.807) is 7.11 Å². The van der Waals surface area contributed by atoms with Gasteiger partial charge in [-0.1, -0.05) is 31.4 Å². The topological polar surface area (TPSA) is 29.5 Å². The molecule has 0 bridgehead atoms. The lowest BCUT2D eigenvalue weighted by atomic mass is 9.82. The Kier molecular flexibility index (Phi) is 5.26. The second kappa shape index (κ2) is 6.95. The number of aliphatic hydroxyl groups is 1. The van der Waals surface area contributed by atoms with Crippen LogP contribution >= 0.6 is 0 Å². The highest BCUT2D eigenvalue weighted by Gasteiger charge is 2.20. The van der Waals surface area contributed by atoms with E-state index in [4.69, 9.17) is 9.84 Å². The molecule has 0 saturated heterocycles. The number of benzene rings is 1. The van der Waals surface area contributed by atoms with Gasteiger partial charge in [-0.15, -0.1) is 0 Å². The Morgan fingerprint density at radius 1 is 1.21 bits per heavy atom. The Hall–Kier alpha value is -1.02. The van der Waals surface area contributed by atoms with Gasteiger partial charge in [-0.05, 0) is 55.2 Å². The minimum absolute atomic E-state index is 0.268. The van der Waals surface area contributed by atoms with E-state index in [0.717, 1.165) is 18.6 Å². The fraction of sp³-hybridized carbons (Fsp3) is 0.647. The first-order valence-corrected chi connectivity index (χ1v) is 7.54. The predicted molar refractivity (Wildman–Crippen MR) is 79.0 cm³/mol. The Bertz CT molecular complexity index is 406. The van der Waals surface area contributed by atoms with Gasteiger partial charge in [0.15, 0.2) is 0 Å². The number of ether oxygens (including phenoxy) is 1. The molecule has 2 nitrogen and oxygen atoms in total. The van der Waals surface area contributed by atoms with Crippen LogP contribution in [0.2, 0.25) is 0 Å². The number of hydrogen-bond donors (Lipinski definition) is 1. The van der Waals surface area contributed by atoms with E-state index in [1.165, 1.54) is 48.8 Å². The molecule has 0 aliphatic heterocycles. The summed E-state index contributed by atoms with van der Waals surface area (Å²) >= 11 is 0. The second-order valence-electron chi connectivity index (χ2n) is 5.70. The minimum atomic E-state index is 0.268. The molecule has 0 unspecified atom stereocenters. The van der Waals surface area contributed by atoms with Gasteiger partial charge < -0.3 is 9.84 Å². The molecule has 0 radical (unpaired) electrons. The first kappa shape index (κ1) is 14.4. The highest BCUT2D eigenvalue weighted by atomic mass is 16.5. The Balaban J connectivity index is 2.28. The third-order valence-electron chi connectivity index (χ3n) is 4.24. The van der Waals surface area contributed by atoms with Gasteiger partial charge >= 0.3 is 0 Å². The standard InChI is InChI=1S/C17H26O2/c1-13-11-14(7-6-10-18)12-16(17(13)19-2)15-8-4-3-5-9-15/h11-12,15,18H,3-10H2,1-2H3. The lowest BCUT2D eigenvalue weighted by Crippen LogP contribution is -2.08. The van der Waals surface area contributed by atoms with Crippen molar-refractivity contribution in [3.05, 3.63) is 28.8 Å². The van der Waals surface area contributed by atoms with Crippen molar-refractivity contribution in [2.75, 3.05) is 13.7 Å². The molecular weight excluding hydrogens is 236 g/mol. The molecule has 1 aliphatic carbocycles. The minimum Gasteiger partial charge on any atom is -0.496 e. The van der Waals surface area contributed by atoms with Crippen LogP contribution in [0.3, 0.4) is 0 Å². The smallest absolute Gasteiger partial charge is 0.125 e. The van der Waals surface area contributed by atoms with Gasteiger partial charge in [-0.25, -0.2) is 0 Å². The van der Waals surface area contributed by atoms with Crippen LogP contribution < -0.4 is 4.74 Å². The van der Waals surface area contributed by atoms with Crippen LogP contribution in [0, 0.1) is 6.92 Å². The van der Waals surface area contributed by atoms with Crippen LogP contribution in [0.15, 0.2) is 12.1 Å². The first-order chi connectivity index (χ1) is 9.26. The molecule has 0 atom stereocenters. The molecule has 1 aliphatic rings.